The Morgan fingerprint density at radius 3 is 2.58 bits per heavy atom. The van der Waals surface area contributed by atoms with Gasteiger partial charge in [0.25, 0.3) is 5.91 Å². The third-order valence-electron chi connectivity index (χ3n) is 3.93. The fourth-order valence-corrected chi connectivity index (χ4v) is 2.58. The van der Waals surface area contributed by atoms with Crippen molar-refractivity contribution in [1.29, 1.82) is 0 Å². The van der Waals surface area contributed by atoms with Gasteiger partial charge in [-0.15, -0.1) is 0 Å². The predicted molar refractivity (Wildman–Crippen MR) is 76.3 cm³/mol. The number of rotatable bonds is 1. The summed E-state index contributed by atoms with van der Waals surface area (Å²) < 4.78 is 1.73. The molecule has 4 nitrogen and oxygen atoms in total. The summed E-state index contributed by atoms with van der Waals surface area (Å²) in [6.07, 6.45) is 3.44. The highest BCUT2D eigenvalue weighted by Gasteiger charge is 2.28. The maximum Gasteiger partial charge on any atom is 0.272 e. The van der Waals surface area contributed by atoms with Gasteiger partial charge in [0.05, 0.1) is 5.69 Å². The molecule has 2 rings (SSSR count). The minimum atomic E-state index is -0.0240. The molecule has 1 atom stereocenters. The van der Waals surface area contributed by atoms with Crippen LogP contribution < -0.4 is 0 Å². The van der Waals surface area contributed by atoms with Crippen LogP contribution in [0.2, 0.25) is 0 Å². The van der Waals surface area contributed by atoms with Gasteiger partial charge in [-0.25, -0.2) is 0 Å². The first-order chi connectivity index (χ1) is 8.80. The molecule has 1 aliphatic rings. The topological polar surface area (TPSA) is 38.1 Å². The molecule has 0 spiro atoms. The maximum atomic E-state index is 12.6. The van der Waals surface area contributed by atoms with Crippen molar-refractivity contribution in [3.63, 3.8) is 0 Å². The van der Waals surface area contributed by atoms with Crippen LogP contribution in [-0.2, 0) is 12.5 Å². The maximum absolute atomic E-state index is 12.6. The van der Waals surface area contributed by atoms with Crippen molar-refractivity contribution in [2.45, 2.75) is 58.4 Å². The average Bonchev–Trinajstić information content (AvgIpc) is 2.71. The van der Waals surface area contributed by atoms with Crippen LogP contribution in [0.15, 0.2) is 6.07 Å². The van der Waals surface area contributed by atoms with Crippen molar-refractivity contribution < 1.29 is 4.79 Å². The lowest BCUT2D eigenvalue weighted by Crippen LogP contribution is -2.42. The van der Waals surface area contributed by atoms with Crippen molar-refractivity contribution in [3.05, 3.63) is 17.5 Å². The Morgan fingerprint density at radius 2 is 2.05 bits per heavy atom. The largest absolute Gasteiger partial charge is 0.335 e. The van der Waals surface area contributed by atoms with E-state index in [1.165, 1.54) is 6.42 Å². The van der Waals surface area contributed by atoms with Gasteiger partial charge in [-0.1, -0.05) is 20.8 Å². The first-order valence-corrected chi connectivity index (χ1v) is 7.16. The summed E-state index contributed by atoms with van der Waals surface area (Å²) in [5.74, 6) is 0.123. The summed E-state index contributed by atoms with van der Waals surface area (Å²) in [4.78, 5) is 14.6. The van der Waals surface area contributed by atoms with Crippen LogP contribution in [-0.4, -0.2) is 33.2 Å². The van der Waals surface area contributed by atoms with Crippen LogP contribution in [0, 0.1) is 0 Å². The van der Waals surface area contributed by atoms with Gasteiger partial charge >= 0.3 is 0 Å². The highest BCUT2D eigenvalue weighted by Crippen LogP contribution is 2.24. The van der Waals surface area contributed by atoms with E-state index in [4.69, 9.17) is 0 Å². The summed E-state index contributed by atoms with van der Waals surface area (Å²) in [7, 11) is 1.86. The van der Waals surface area contributed by atoms with Crippen LogP contribution in [0.25, 0.3) is 0 Å². The Bertz CT molecular complexity index is 470. The number of hydrogen-bond donors (Lipinski definition) is 0. The molecule has 0 aliphatic carbocycles. The molecule has 2 heterocycles. The number of hydrogen-bond acceptors (Lipinski definition) is 2. The highest BCUT2D eigenvalue weighted by atomic mass is 16.2. The molecule has 1 amide bonds. The summed E-state index contributed by atoms with van der Waals surface area (Å²) in [6.45, 7) is 9.36. The molecule has 0 aromatic carbocycles. The second-order valence-electron chi connectivity index (χ2n) is 6.63. The van der Waals surface area contributed by atoms with Crippen LogP contribution in [0.4, 0.5) is 0 Å². The summed E-state index contributed by atoms with van der Waals surface area (Å²) in [5, 5.41) is 4.49. The molecule has 0 bridgehead atoms. The number of carbonyl (C=O) groups excluding carboxylic acids is 1. The van der Waals surface area contributed by atoms with E-state index in [1.807, 2.05) is 18.0 Å². The molecule has 0 radical (unpaired) electrons. The number of carbonyl (C=O) groups is 1. The number of aryl methyl sites for hydroxylation is 1. The van der Waals surface area contributed by atoms with E-state index in [-0.39, 0.29) is 11.3 Å². The molecule has 4 heteroatoms. The molecule has 1 fully saturated rings. The Labute approximate surface area is 115 Å². The zero-order valence-electron chi connectivity index (χ0n) is 12.7. The van der Waals surface area contributed by atoms with E-state index in [1.54, 1.807) is 4.68 Å². The lowest BCUT2D eigenvalue weighted by molar-refractivity contribution is 0.0624. The molecule has 1 unspecified atom stereocenters. The van der Waals surface area contributed by atoms with Gasteiger partial charge in [0.2, 0.25) is 0 Å². The first kappa shape index (κ1) is 14.1. The van der Waals surface area contributed by atoms with Gasteiger partial charge in [-0.2, -0.15) is 5.10 Å². The molecule has 1 aromatic rings. The van der Waals surface area contributed by atoms with Gasteiger partial charge < -0.3 is 4.90 Å². The third-order valence-corrected chi connectivity index (χ3v) is 3.93. The molecule has 1 aliphatic heterocycles. The second kappa shape index (κ2) is 4.99. The highest BCUT2D eigenvalue weighted by molar-refractivity contribution is 5.93. The Kier molecular flexibility index (Phi) is 3.70. The fourth-order valence-electron chi connectivity index (χ4n) is 2.58. The molecule has 1 aromatic heterocycles. The second-order valence-corrected chi connectivity index (χ2v) is 6.63. The lowest BCUT2D eigenvalue weighted by Gasteiger charge is -2.33. The SMILES string of the molecule is CC1CCCCN1C(=O)c1cc(C(C)(C)C)nn1C. The predicted octanol–water partition coefficient (Wildman–Crippen LogP) is 2.73. The molecule has 1 saturated heterocycles. The van der Waals surface area contributed by atoms with Crippen molar-refractivity contribution >= 4 is 5.91 Å². The number of aromatic nitrogens is 2. The number of likely N-dealkylation sites (tertiary alicyclic amines) is 1. The number of nitrogens with zero attached hydrogens (tertiary/aromatic N) is 3. The lowest BCUT2D eigenvalue weighted by atomic mass is 9.92. The molecule has 106 valence electrons. The Morgan fingerprint density at radius 1 is 1.37 bits per heavy atom. The Balaban J connectivity index is 2.26. The van der Waals surface area contributed by atoms with Crippen molar-refractivity contribution in [3.8, 4) is 0 Å². The van der Waals surface area contributed by atoms with E-state index in [0.717, 1.165) is 25.1 Å². The normalized spacial score (nSPS) is 20.7. The van der Waals surface area contributed by atoms with Gasteiger partial charge in [0.1, 0.15) is 5.69 Å². The molecule has 0 N–H and O–H groups in total. The fraction of sp³-hybridized carbons (Fsp3) is 0.733. The van der Waals surface area contributed by atoms with Gasteiger partial charge in [0.15, 0.2) is 0 Å². The summed E-state index contributed by atoms with van der Waals surface area (Å²) in [6, 6.07) is 2.29. The van der Waals surface area contributed by atoms with Crippen molar-refractivity contribution in [2.24, 2.45) is 7.05 Å². The molecular formula is C15H25N3O. The quantitative estimate of drug-likeness (QED) is 0.781. The van der Waals surface area contributed by atoms with Crippen LogP contribution in [0.3, 0.4) is 0 Å². The average molecular weight is 263 g/mol. The first-order valence-electron chi connectivity index (χ1n) is 7.16. The molecule has 19 heavy (non-hydrogen) atoms. The zero-order valence-corrected chi connectivity index (χ0v) is 12.7. The van der Waals surface area contributed by atoms with E-state index in [2.05, 4.69) is 32.8 Å². The smallest absolute Gasteiger partial charge is 0.272 e. The van der Waals surface area contributed by atoms with E-state index in [0.29, 0.717) is 11.7 Å². The van der Waals surface area contributed by atoms with E-state index < -0.39 is 0 Å². The Hall–Kier alpha value is -1.32. The third kappa shape index (κ3) is 2.82. The van der Waals surface area contributed by atoms with E-state index in [9.17, 15) is 4.79 Å². The minimum Gasteiger partial charge on any atom is -0.335 e. The summed E-state index contributed by atoms with van der Waals surface area (Å²) >= 11 is 0. The standard InChI is InChI=1S/C15H25N3O/c1-11-8-6-7-9-18(11)14(19)12-10-13(15(2,3)4)16-17(12)5/h10-11H,6-9H2,1-5H3. The van der Waals surface area contributed by atoms with Crippen LogP contribution in [0.1, 0.15) is 63.1 Å². The number of piperidine rings is 1. The minimum absolute atomic E-state index is 0.0240. The van der Waals surface area contributed by atoms with Crippen molar-refractivity contribution in [2.75, 3.05) is 6.54 Å². The monoisotopic (exact) mass is 263 g/mol. The van der Waals surface area contributed by atoms with Crippen LogP contribution in [0.5, 0.6) is 0 Å². The number of amides is 1. The molecular weight excluding hydrogens is 238 g/mol. The van der Waals surface area contributed by atoms with Gasteiger partial charge in [0, 0.05) is 25.0 Å². The van der Waals surface area contributed by atoms with Gasteiger partial charge in [-0.3, -0.25) is 9.48 Å². The summed E-state index contributed by atoms with van der Waals surface area (Å²) in [5.41, 5.74) is 1.66. The van der Waals surface area contributed by atoms with E-state index >= 15 is 0 Å². The van der Waals surface area contributed by atoms with Crippen LogP contribution >= 0.6 is 0 Å². The van der Waals surface area contributed by atoms with Crippen molar-refractivity contribution in [1.82, 2.24) is 14.7 Å². The van der Waals surface area contributed by atoms with Gasteiger partial charge in [-0.05, 0) is 32.3 Å². The zero-order chi connectivity index (χ0) is 14.2. The molecule has 0 saturated carbocycles.